The van der Waals surface area contributed by atoms with E-state index in [1.807, 2.05) is 0 Å². The van der Waals surface area contributed by atoms with Gasteiger partial charge in [0.15, 0.2) is 23.2 Å². The number of halogens is 1. The van der Waals surface area contributed by atoms with Crippen LogP contribution in [0, 0.1) is 12.7 Å². The number of ether oxygens (including phenoxy) is 3. The minimum atomic E-state index is -0.579. The molecular formula is C22H24FN7O5. The second-order valence-electron chi connectivity index (χ2n) is 8.13. The van der Waals surface area contributed by atoms with E-state index in [9.17, 15) is 14.0 Å². The third-order valence-electron chi connectivity index (χ3n) is 5.71. The van der Waals surface area contributed by atoms with Gasteiger partial charge in [-0.2, -0.15) is 0 Å². The van der Waals surface area contributed by atoms with Crippen LogP contribution in [0.1, 0.15) is 5.69 Å². The number of benzene rings is 1. The molecule has 1 atom stereocenters. The Kier molecular flexibility index (Phi) is 6.07. The quantitative estimate of drug-likeness (QED) is 0.467. The summed E-state index contributed by atoms with van der Waals surface area (Å²) < 4.78 is 32.3. The van der Waals surface area contributed by atoms with Gasteiger partial charge in [-0.15, -0.1) is 0 Å². The molecule has 13 heteroatoms. The van der Waals surface area contributed by atoms with Gasteiger partial charge in [-0.3, -0.25) is 9.69 Å². The summed E-state index contributed by atoms with van der Waals surface area (Å²) in [6, 6.07) is 2.78. The van der Waals surface area contributed by atoms with Gasteiger partial charge in [0.1, 0.15) is 30.5 Å². The highest BCUT2D eigenvalue weighted by molar-refractivity contribution is 5.88. The number of carbonyl (C=O) groups excluding carboxylic acids is 1. The molecule has 1 fully saturated rings. The van der Waals surface area contributed by atoms with Crippen LogP contribution in [-0.4, -0.2) is 71.1 Å². The van der Waals surface area contributed by atoms with Crippen LogP contribution in [0.5, 0.6) is 11.6 Å². The number of aryl methyl sites for hydroxylation is 2. The van der Waals surface area contributed by atoms with Crippen molar-refractivity contribution in [1.82, 2.24) is 24.8 Å². The van der Waals surface area contributed by atoms with Crippen LogP contribution in [0.3, 0.4) is 0 Å². The first-order valence-corrected chi connectivity index (χ1v) is 11.1. The van der Waals surface area contributed by atoms with Gasteiger partial charge in [0, 0.05) is 20.1 Å². The molecule has 2 N–H and O–H groups in total. The summed E-state index contributed by atoms with van der Waals surface area (Å²) in [5.41, 5.74) is 0.780. The van der Waals surface area contributed by atoms with Gasteiger partial charge in [0.05, 0.1) is 24.8 Å². The number of amides is 1. The van der Waals surface area contributed by atoms with Crippen LogP contribution >= 0.6 is 0 Å². The molecule has 5 rings (SSSR count). The molecule has 0 spiro atoms. The Morgan fingerprint density at radius 2 is 2.17 bits per heavy atom. The van der Waals surface area contributed by atoms with E-state index >= 15 is 0 Å². The van der Waals surface area contributed by atoms with Gasteiger partial charge in [-0.1, -0.05) is 0 Å². The van der Waals surface area contributed by atoms with Gasteiger partial charge in [-0.25, -0.2) is 24.1 Å². The van der Waals surface area contributed by atoms with Crippen molar-refractivity contribution in [2.24, 2.45) is 7.05 Å². The van der Waals surface area contributed by atoms with Crippen LogP contribution in [0.4, 0.5) is 20.8 Å². The number of rotatable bonds is 7. The SMILES string of the molecule is Cc1nc2ccc(F)c(OCCNCC3CN(c4cnc5c(n4)NCCO5)C(=O)O3)c2n(C)c1=O. The smallest absolute Gasteiger partial charge is 0.416 e. The molecule has 1 saturated heterocycles. The number of aromatic nitrogens is 4. The van der Waals surface area contributed by atoms with Gasteiger partial charge < -0.3 is 29.4 Å². The maximum absolute atomic E-state index is 14.5. The zero-order valence-electron chi connectivity index (χ0n) is 19.2. The molecule has 0 saturated carbocycles. The zero-order chi connectivity index (χ0) is 24.5. The number of hydrogen-bond donors (Lipinski definition) is 2. The van der Waals surface area contributed by atoms with E-state index in [2.05, 4.69) is 25.6 Å². The van der Waals surface area contributed by atoms with E-state index in [0.29, 0.717) is 67.0 Å². The van der Waals surface area contributed by atoms with E-state index in [1.54, 1.807) is 14.0 Å². The fourth-order valence-corrected chi connectivity index (χ4v) is 4.00. The number of cyclic esters (lactones) is 1. The average molecular weight is 485 g/mol. The van der Waals surface area contributed by atoms with Crippen LogP contribution < -0.4 is 30.6 Å². The second-order valence-corrected chi connectivity index (χ2v) is 8.13. The van der Waals surface area contributed by atoms with E-state index in [0.717, 1.165) is 0 Å². The van der Waals surface area contributed by atoms with Crippen LogP contribution in [0.15, 0.2) is 23.1 Å². The van der Waals surface area contributed by atoms with Gasteiger partial charge in [0.2, 0.25) is 0 Å². The van der Waals surface area contributed by atoms with Crippen molar-refractivity contribution in [1.29, 1.82) is 0 Å². The van der Waals surface area contributed by atoms with Crippen molar-refractivity contribution in [3.8, 4) is 11.6 Å². The largest absolute Gasteiger partial charge is 0.487 e. The van der Waals surface area contributed by atoms with Crippen molar-refractivity contribution in [3.63, 3.8) is 0 Å². The van der Waals surface area contributed by atoms with Crippen molar-refractivity contribution in [2.45, 2.75) is 13.0 Å². The van der Waals surface area contributed by atoms with E-state index in [1.165, 1.54) is 27.8 Å². The molecule has 1 amide bonds. The maximum Gasteiger partial charge on any atom is 0.416 e. The second kappa shape index (κ2) is 9.33. The number of nitrogens with zero attached hydrogens (tertiary/aromatic N) is 5. The first-order chi connectivity index (χ1) is 16.9. The van der Waals surface area contributed by atoms with Crippen molar-refractivity contribution < 1.29 is 23.4 Å². The van der Waals surface area contributed by atoms with Gasteiger partial charge in [0.25, 0.3) is 11.4 Å². The topological polar surface area (TPSA) is 133 Å². The van der Waals surface area contributed by atoms with Crippen molar-refractivity contribution >= 4 is 28.8 Å². The maximum atomic E-state index is 14.5. The van der Waals surface area contributed by atoms with Crippen LogP contribution in [-0.2, 0) is 11.8 Å². The number of nitrogens with one attached hydrogen (secondary N) is 2. The van der Waals surface area contributed by atoms with Crippen LogP contribution in [0.25, 0.3) is 11.0 Å². The summed E-state index contributed by atoms with van der Waals surface area (Å²) in [5, 5.41) is 6.22. The minimum absolute atomic E-state index is 0.0292. The monoisotopic (exact) mass is 485 g/mol. The Bertz CT molecular complexity index is 1350. The van der Waals surface area contributed by atoms with Gasteiger partial charge in [-0.05, 0) is 19.1 Å². The summed E-state index contributed by atoms with van der Waals surface area (Å²) in [4.78, 5) is 38.8. The Morgan fingerprint density at radius 1 is 1.31 bits per heavy atom. The van der Waals surface area contributed by atoms with Crippen molar-refractivity contribution in [3.05, 3.63) is 40.2 Å². The fraction of sp³-hybridized carbons (Fsp3) is 0.409. The molecule has 184 valence electrons. The highest BCUT2D eigenvalue weighted by Crippen LogP contribution is 2.28. The normalized spacial score (nSPS) is 17.1. The third-order valence-corrected chi connectivity index (χ3v) is 5.71. The Labute approximate surface area is 199 Å². The molecule has 12 nitrogen and oxygen atoms in total. The molecule has 2 aliphatic rings. The molecule has 1 aromatic carbocycles. The van der Waals surface area contributed by atoms with Gasteiger partial charge >= 0.3 is 6.09 Å². The highest BCUT2D eigenvalue weighted by Gasteiger charge is 2.33. The molecule has 0 radical (unpaired) electrons. The van der Waals surface area contributed by atoms with E-state index < -0.39 is 18.0 Å². The van der Waals surface area contributed by atoms with E-state index in [4.69, 9.17) is 14.2 Å². The Balaban J connectivity index is 1.16. The molecule has 4 heterocycles. The summed E-state index contributed by atoms with van der Waals surface area (Å²) in [6.07, 6.45) is 0.548. The molecule has 35 heavy (non-hydrogen) atoms. The standard InChI is InChI=1S/C22H24FN7O5/c1-12-21(31)29(2)17-15(27-12)4-3-14(23)18(17)33-7-5-24-9-13-11-30(22(32)35-13)16-10-26-20-19(28-16)25-6-8-34-20/h3-4,10,13,24H,5-9,11H2,1-2H3,(H,25,28). The lowest BCUT2D eigenvalue weighted by Crippen LogP contribution is -2.33. The van der Waals surface area contributed by atoms with E-state index in [-0.39, 0.29) is 17.9 Å². The first-order valence-electron chi connectivity index (χ1n) is 11.1. The third kappa shape index (κ3) is 4.41. The van der Waals surface area contributed by atoms with Crippen LogP contribution in [0.2, 0.25) is 0 Å². The molecular weight excluding hydrogens is 461 g/mol. The Hall–Kier alpha value is -4.00. The predicted molar refractivity (Wildman–Crippen MR) is 124 cm³/mol. The molecule has 2 aliphatic heterocycles. The molecule has 1 unspecified atom stereocenters. The first kappa shape index (κ1) is 22.8. The molecule has 3 aromatic rings. The lowest BCUT2D eigenvalue weighted by molar-refractivity contribution is 0.139. The molecule has 0 aliphatic carbocycles. The minimum Gasteiger partial charge on any atom is -0.487 e. The molecule has 0 bridgehead atoms. The summed E-state index contributed by atoms with van der Waals surface area (Å²) in [5.74, 6) is 0.657. The fourth-order valence-electron chi connectivity index (χ4n) is 4.00. The predicted octanol–water partition coefficient (Wildman–Crippen LogP) is 0.969. The number of hydrogen-bond acceptors (Lipinski definition) is 10. The number of carbonyl (C=O) groups is 1. The zero-order valence-corrected chi connectivity index (χ0v) is 19.2. The number of fused-ring (bicyclic) bond motifs is 2. The average Bonchev–Trinajstić information content (AvgIpc) is 3.23. The Morgan fingerprint density at radius 3 is 3.03 bits per heavy atom. The number of anilines is 2. The lowest BCUT2D eigenvalue weighted by Gasteiger charge is -2.19. The summed E-state index contributed by atoms with van der Waals surface area (Å²) in [7, 11) is 1.56. The highest BCUT2D eigenvalue weighted by atomic mass is 19.1. The molecule has 2 aromatic heterocycles. The van der Waals surface area contributed by atoms with Crippen molar-refractivity contribution in [2.75, 3.05) is 49.6 Å². The summed E-state index contributed by atoms with van der Waals surface area (Å²) in [6.45, 7) is 3.87. The summed E-state index contributed by atoms with van der Waals surface area (Å²) >= 11 is 0. The lowest BCUT2D eigenvalue weighted by atomic mass is 10.2.